The van der Waals surface area contributed by atoms with Gasteiger partial charge in [-0.05, 0) is 23.9 Å². The minimum Gasteiger partial charge on any atom is -0.353 e. The van der Waals surface area contributed by atoms with Gasteiger partial charge in [-0.1, -0.05) is 0 Å². The molecule has 3 aromatic heterocycles. The van der Waals surface area contributed by atoms with Crippen molar-refractivity contribution in [2.24, 2.45) is 0 Å². The zero-order chi connectivity index (χ0) is 14.2. The Bertz CT molecular complexity index is 769. The van der Waals surface area contributed by atoms with Crippen molar-refractivity contribution in [2.75, 3.05) is 31.1 Å². The molecular formula is C15H17N5S. The van der Waals surface area contributed by atoms with Crippen molar-refractivity contribution in [2.45, 2.75) is 6.92 Å². The maximum absolute atomic E-state index is 4.57. The topological polar surface area (TPSA) is 56.8 Å². The predicted molar refractivity (Wildman–Crippen MR) is 87.0 cm³/mol. The molecule has 0 atom stereocenters. The fraction of sp³-hybridized carbons (Fsp3) is 0.333. The molecule has 2 N–H and O–H groups in total. The fourth-order valence-electron chi connectivity index (χ4n) is 2.89. The van der Waals surface area contributed by atoms with Crippen LogP contribution in [0.25, 0.3) is 21.5 Å². The van der Waals surface area contributed by atoms with Crippen LogP contribution in [0.3, 0.4) is 0 Å². The van der Waals surface area contributed by atoms with Gasteiger partial charge in [0, 0.05) is 42.8 Å². The Kier molecular flexibility index (Phi) is 3.12. The lowest BCUT2D eigenvalue weighted by Gasteiger charge is -2.28. The molecule has 108 valence electrons. The number of anilines is 1. The molecule has 0 aromatic carbocycles. The van der Waals surface area contributed by atoms with Crippen molar-refractivity contribution >= 4 is 28.2 Å². The van der Waals surface area contributed by atoms with E-state index < -0.39 is 0 Å². The SMILES string of the molecule is Cc1ccsc1-c1c[nH]c2ncnc(N3CCNCC3)c12. The normalized spacial score (nSPS) is 15.8. The summed E-state index contributed by atoms with van der Waals surface area (Å²) in [4.78, 5) is 15.9. The van der Waals surface area contributed by atoms with Crippen LogP contribution in [0.2, 0.25) is 0 Å². The van der Waals surface area contributed by atoms with Gasteiger partial charge >= 0.3 is 0 Å². The van der Waals surface area contributed by atoms with Gasteiger partial charge in [0.25, 0.3) is 0 Å². The number of hydrogen-bond donors (Lipinski definition) is 2. The Morgan fingerprint density at radius 2 is 2.10 bits per heavy atom. The second kappa shape index (κ2) is 5.13. The van der Waals surface area contributed by atoms with Gasteiger partial charge in [-0.3, -0.25) is 0 Å². The lowest BCUT2D eigenvalue weighted by Crippen LogP contribution is -2.44. The number of nitrogens with zero attached hydrogens (tertiary/aromatic N) is 3. The molecule has 21 heavy (non-hydrogen) atoms. The van der Waals surface area contributed by atoms with Gasteiger partial charge in [0.05, 0.1) is 5.39 Å². The molecule has 1 aliphatic rings. The van der Waals surface area contributed by atoms with Crippen LogP contribution in [0.15, 0.2) is 24.0 Å². The Balaban J connectivity index is 1.91. The van der Waals surface area contributed by atoms with Crippen LogP contribution >= 0.6 is 11.3 Å². The lowest BCUT2D eigenvalue weighted by atomic mass is 10.1. The fourth-order valence-corrected chi connectivity index (χ4v) is 3.84. The number of H-pyrrole nitrogens is 1. The van der Waals surface area contributed by atoms with Gasteiger partial charge in [-0.2, -0.15) is 0 Å². The van der Waals surface area contributed by atoms with Crippen LogP contribution in [0.5, 0.6) is 0 Å². The molecule has 1 fully saturated rings. The van der Waals surface area contributed by atoms with Gasteiger partial charge in [0.15, 0.2) is 0 Å². The Labute approximate surface area is 127 Å². The number of nitrogens with one attached hydrogen (secondary N) is 2. The molecule has 0 spiro atoms. The highest BCUT2D eigenvalue weighted by atomic mass is 32.1. The maximum Gasteiger partial charge on any atom is 0.143 e. The molecule has 3 aromatic rings. The number of hydrogen-bond acceptors (Lipinski definition) is 5. The van der Waals surface area contributed by atoms with E-state index in [-0.39, 0.29) is 0 Å². The largest absolute Gasteiger partial charge is 0.353 e. The minimum atomic E-state index is 0.918. The molecule has 0 unspecified atom stereocenters. The smallest absolute Gasteiger partial charge is 0.143 e. The van der Waals surface area contributed by atoms with E-state index >= 15 is 0 Å². The molecule has 0 radical (unpaired) electrons. The van der Waals surface area contributed by atoms with E-state index in [4.69, 9.17) is 0 Å². The molecule has 0 bridgehead atoms. The monoisotopic (exact) mass is 299 g/mol. The molecule has 0 aliphatic carbocycles. The number of aromatic nitrogens is 3. The van der Waals surface area contributed by atoms with Gasteiger partial charge < -0.3 is 15.2 Å². The molecule has 4 heterocycles. The highest BCUT2D eigenvalue weighted by Crippen LogP contribution is 2.37. The van der Waals surface area contributed by atoms with Crippen molar-refractivity contribution in [3.05, 3.63) is 29.5 Å². The average molecular weight is 299 g/mol. The molecule has 0 saturated carbocycles. The van der Waals surface area contributed by atoms with E-state index in [9.17, 15) is 0 Å². The van der Waals surface area contributed by atoms with Crippen LogP contribution in [-0.4, -0.2) is 41.1 Å². The van der Waals surface area contributed by atoms with Crippen molar-refractivity contribution in [1.82, 2.24) is 20.3 Å². The van der Waals surface area contributed by atoms with E-state index in [1.54, 1.807) is 17.7 Å². The van der Waals surface area contributed by atoms with Crippen LogP contribution in [-0.2, 0) is 0 Å². The summed E-state index contributed by atoms with van der Waals surface area (Å²) in [6.45, 7) is 6.13. The summed E-state index contributed by atoms with van der Waals surface area (Å²) in [5.41, 5.74) is 3.43. The lowest BCUT2D eigenvalue weighted by molar-refractivity contribution is 0.586. The third-order valence-corrected chi connectivity index (χ3v) is 5.02. The summed E-state index contributed by atoms with van der Waals surface area (Å²) in [6.07, 6.45) is 3.71. The number of aromatic amines is 1. The highest BCUT2D eigenvalue weighted by Gasteiger charge is 2.20. The number of thiophene rings is 1. The van der Waals surface area contributed by atoms with E-state index in [0.717, 1.165) is 43.0 Å². The van der Waals surface area contributed by atoms with E-state index in [1.807, 2.05) is 0 Å². The first-order valence-electron chi connectivity index (χ1n) is 7.17. The number of rotatable bonds is 2. The summed E-state index contributed by atoms with van der Waals surface area (Å²) in [7, 11) is 0. The quantitative estimate of drug-likeness (QED) is 0.763. The molecule has 1 saturated heterocycles. The van der Waals surface area contributed by atoms with Gasteiger partial charge in [0.2, 0.25) is 0 Å². The standard InChI is InChI=1S/C15H17N5S/c1-10-2-7-21-13(10)11-8-17-14-12(11)15(19-9-18-14)20-5-3-16-4-6-20/h2,7-9,16H,3-6H2,1H3,(H,17,18,19). The maximum atomic E-state index is 4.57. The first kappa shape index (κ1) is 12.8. The van der Waals surface area contributed by atoms with Crippen LogP contribution in [0.4, 0.5) is 5.82 Å². The van der Waals surface area contributed by atoms with E-state index in [1.165, 1.54) is 16.0 Å². The van der Waals surface area contributed by atoms with E-state index in [2.05, 4.69) is 49.7 Å². The Morgan fingerprint density at radius 1 is 1.24 bits per heavy atom. The second-order valence-corrected chi connectivity index (χ2v) is 6.21. The molecule has 4 rings (SSSR count). The molecule has 0 amide bonds. The number of piperazine rings is 1. The molecule has 5 nitrogen and oxygen atoms in total. The predicted octanol–water partition coefficient (Wildman–Crippen LogP) is 2.40. The molecule has 1 aliphatic heterocycles. The number of aryl methyl sites for hydroxylation is 1. The summed E-state index contributed by atoms with van der Waals surface area (Å²) in [6, 6.07) is 2.16. The summed E-state index contributed by atoms with van der Waals surface area (Å²) in [5.74, 6) is 1.05. The van der Waals surface area contributed by atoms with Crippen molar-refractivity contribution in [1.29, 1.82) is 0 Å². The number of fused-ring (bicyclic) bond motifs is 1. The van der Waals surface area contributed by atoms with Crippen LogP contribution in [0, 0.1) is 6.92 Å². The second-order valence-electron chi connectivity index (χ2n) is 5.29. The van der Waals surface area contributed by atoms with Crippen LogP contribution < -0.4 is 10.2 Å². The Morgan fingerprint density at radius 3 is 2.86 bits per heavy atom. The average Bonchev–Trinajstić information content (AvgIpc) is 3.13. The highest BCUT2D eigenvalue weighted by molar-refractivity contribution is 7.13. The van der Waals surface area contributed by atoms with Crippen molar-refractivity contribution < 1.29 is 0 Å². The third kappa shape index (κ3) is 2.11. The summed E-state index contributed by atoms with van der Waals surface area (Å²) < 4.78 is 0. The van der Waals surface area contributed by atoms with Gasteiger partial charge in [-0.15, -0.1) is 11.3 Å². The first-order valence-corrected chi connectivity index (χ1v) is 8.05. The minimum absolute atomic E-state index is 0.918. The zero-order valence-electron chi connectivity index (χ0n) is 11.9. The van der Waals surface area contributed by atoms with Crippen molar-refractivity contribution in [3.63, 3.8) is 0 Å². The molecular weight excluding hydrogens is 282 g/mol. The van der Waals surface area contributed by atoms with Crippen molar-refractivity contribution in [3.8, 4) is 10.4 Å². The Hall–Kier alpha value is -1.92. The summed E-state index contributed by atoms with van der Waals surface area (Å²) >= 11 is 1.77. The summed E-state index contributed by atoms with van der Waals surface area (Å²) in [5, 5.41) is 6.67. The third-order valence-electron chi connectivity index (χ3n) is 3.97. The molecule has 6 heteroatoms. The van der Waals surface area contributed by atoms with E-state index in [0.29, 0.717) is 0 Å². The van der Waals surface area contributed by atoms with Gasteiger partial charge in [-0.25, -0.2) is 9.97 Å². The first-order chi connectivity index (χ1) is 10.3. The van der Waals surface area contributed by atoms with Crippen LogP contribution in [0.1, 0.15) is 5.56 Å². The zero-order valence-corrected chi connectivity index (χ0v) is 12.7. The van der Waals surface area contributed by atoms with Gasteiger partial charge in [0.1, 0.15) is 17.8 Å².